The molecule has 0 saturated carbocycles. The van der Waals surface area contributed by atoms with E-state index in [4.69, 9.17) is 10.5 Å². The van der Waals surface area contributed by atoms with Crippen LogP contribution in [0.5, 0.6) is 5.75 Å². The summed E-state index contributed by atoms with van der Waals surface area (Å²) in [6, 6.07) is 4.75. The van der Waals surface area contributed by atoms with Crippen molar-refractivity contribution >= 4 is 11.6 Å². The van der Waals surface area contributed by atoms with Gasteiger partial charge in [0.25, 0.3) is 5.91 Å². The third-order valence-corrected chi connectivity index (χ3v) is 2.67. The Morgan fingerprint density at radius 1 is 1.35 bits per heavy atom. The van der Waals surface area contributed by atoms with Gasteiger partial charge >= 0.3 is 6.18 Å². The van der Waals surface area contributed by atoms with E-state index in [1.54, 1.807) is 18.2 Å². The number of nitrogens with one attached hydrogen (secondary N) is 1. The van der Waals surface area contributed by atoms with Gasteiger partial charge in [0, 0.05) is 13.0 Å². The number of rotatable bonds is 6. The summed E-state index contributed by atoms with van der Waals surface area (Å²) in [4.78, 5) is 11.9. The molecule has 1 aromatic rings. The smallest absolute Gasteiger partial charge is 0.389 e. The summed E-state index contributed by atoms with van der Waals surface area (Å²) in [6.45, 7) is 0.173. The fraction of sp³-hybridized carbons (Fsp3) is 0.462. The number of halogens is 3. The minimum atomic E-state index is -4.15. The number of methoxy groups -OCH3 is 1. The molecule has 1 amide bonds. The minimum Gasteiger partial charge on any atom is -0.494 e. The van der Waals surface area contributed by atoms with Crippen molar-refractivity contribution in [2.75, 3.05) is 19.4 Å². The van der Waals surface area contributed by atoms with Crippen LogP contribution >= 0.6 is 0 Å². The Kier molecular flexibility index (Phi) is 5.66. The number of nitrogen functional groups attached to an aromatic ring is 1. The van der Waals surface area contributed by atoms with Crippen LogP contribution < -0.4 is 15.8 Å². The molecule has 0 bridgehead atoms. The topological polar surface area (TPSA) is 64.3 Å². The van der Waals surface area contributed by atoms with Crippen LogP contribution in [0.4, 0.5) is 18.9 Å². The second kappa shape index (κ2) is 7.02. The van der Waals surface area contributed by atoms with Crippen LogP contribution in [0.1, 0.15) is 29.6 Å². The van der Waals surface area contributed by atoms with E-state index >= 15 is 0 Å². The summed E-state index contributed by atoms with van der Waals surface area (Å²) in [5.41, 5.74) is 6.26. The summed E-state index contributed by atoms with van der Waals surface area (Å²) in [6.07, 6.45) is -4.75. The van der Waals surface area contributed by atoms with Gasteiger partial charge in [-0.25, -0.2) is 0 Å². The number of carbonyl (C=O) groups excluding carboxylic acids is 1. The largest absolute Gasteiger partial charge is 0.494 e. The summed E-state index contributed by atoms with van der Waals surface area (Å²) in [5.74, 6) is -0.151. The molecule has 3 N–H and O–H groups in total. The molecule has 0 aliphatic rings. The molecule has 0 atom stereocenters. The first-order chi connectivity index (χ1) is 9.35. The predicted octanol–water partition coefficient (Wildman–Crippen LogP) is 2.74. The number of carbonyl (C=O) groups is 1. The van der Waals surface area contributed by atoms with Gasteiger partial charge in [0.1, 0.15) is 0 Å². The van der Waals surface area contributed by atoms with Crippen LogP contribution in [0.2, 0.25) is 0 Å². The first-order valence-corrected chi connectivity index (χ1v) is 6.12. The van der Waals surface area contributed by atoms with E-state index in [0.29, 0.717) is 5.69 Å². The number of nitrogens with two attached hydrogens (primary N) is 1. The molecule has 112 valence electrons. The van der Waals surface area contributed by atoms with Crippen molar-refractivity contribution in [2.24, 2.45) is 0 Å². The SMILES string of the molecule is COc1c(N)cccc1C(=O)NCCCCC(F)(F)F. The zero-order chi connectivity index (χ0) is 15.2. The highest BCUT2D eigenvalue weighted by Crippen LogP contribution is 2.25. The number of hydrogen-bond acceptors (Lipinski definition) is 3. The predicted molar refractivity (Wildman–Crippen MR) is 69.6 cm³/mol. The van der Waals surface area contributed by atoms with Crippen LogP contribution in [0.3, 0.4) is 0 Å². The van der Waals surface area contributed by atoms with E-state index < -0.39 is 18.5 Å². The molecule has 0 heterocycles. The van der Waals surface area contributed by atoms with Crippen molar-refractivity contribution < 1.29 is 22.7 Å². The molecule has 0 fully saturated rings. The normalized spacial score (nSPS) is 11.2. The quantitative estimate of drug-likeness (QED) is 0.625. The van der Waals surface area contributed by atoms with Crippen LogP contribution in [0.15, 0.2) is 18.2 Å². The molecular weight excluding hydrogens is 273 g/mol. The Hall–Kier alpha value is -1.92. The number of alkyl halides is 3. The lowest BCUT2D eigenvalue weighted by molar-refractivity contribution is -0.135. The molecule has 1 rings (SSSR count). The highest BCUT2D eigenvalue weighted by molar-refractivity contribution is 5.98. The summed E-state index contributed by atoms with van der Waals surface area (Å²) >= 11 is 0. The van der Waals surface area contributed by atoms with Gasteiger partial charge in [-0.1, -0.05) is 6.07 Å². The van der Waals surface area contributed by atoms with Gasteiger partial charge in [-0.3, -0.25) is 4.79 Å². The van der Waals surface area contributed by atoms with Gasteiger partial charge in [-0.2, -0.15) is 13.2 Å². The van der Waals surface area contributed by atoms with E-state index in [1.807, 2.05) is 0 Å². The number of amides is 1. The molecule has 0 aliphatic heterocycles. The van der Waals surface area contributed by atoms with Crippen molar-refractivity contribution in [3.63, 3.8) is 0 Å². The van der Waals surface area contributed by atoms with Gasteiger partial charge < -0.3 is 15.8 Å². The van der Waals surface area contributed by atoms with Crippen molar-refractivity contribution in [3.05, 3.63) is 23.8 Å². The monoisotopic (exact) mass is 290 g/mol. The Labute approximate surface area is 115 Å². The summed E-state index contributed by atoms with van der Waals surface area (Å²) < 4.78 is 40.8. The Bertz CT molecular complexity index is 461. The lowest BCUT2D eigenvalue weighted by atomic mass is 10.1. The van der Waals surface area contributed by atoms with E-state index in [1.165, 1.54) is 7.11 Å². The average Bonchev–Trinajstić information content (AvgIpc) is 2.36. The highest BCUT2D eigenvalue weighted by Gasteiger charge is 2.25. The van der Waals surface area contributed by atoms with Crippen molar-refractivity contribution in [3.8, 4) is 5.75 Å². The fourth-order valence-corrected chi connectivity index (χ4v) is 1.71. The number of hydrogen-bond donors (Lipinski definition) is 2. The van der Waals surface area contributed by atoms with Gasteiger partial charge in [0.2, 0.25) is 0 Å². The number of unbranched alkanes of at least 4 members (excludes halogenated alkanes) is 1. The number of benzene rings is 1. The molecule has 0 unspecified atom stereocenters. The van der Waals surface area contributed by atoms with E-state index in [9.17, 15) is 18.0 Å². The molecule has 1 aromatic carbocycles. The Morgan fingerprint density at radius 2 is 2.05 bits per heavy atom. The van der Waals surface area contributed by atoms with Crippen molar-refractivity contribution in [1.29, 1.82) is 0 Å². The maximum Gasteiger partial charge on any atom is 0.389 e. The van der Waals surface area contributed by atoms with Crippen LogP contribution in [0, 0.1) is 0 Å². The molecule has 20 heavy (non-hydrogen) atoms. The zero-order valence-corrected chi connectivity index (χ0v) is 11.1. The van der Waals surface area contributed by atoms with E-state index in [2.05, 4.69) is 5.32 Å². The average molecular weight is 290 g/mol. The Morgan fingerprint density at radius 3 is 2.65 bits per heavy atom. The third kappa shape index (κ3) is 4.99. The van der Waals surface area contributed by atoms with Crippen molar-refractivity contribution in [2.45, 2.75) is 25.4 Å². The second-order valence-corrected chi connectivity index (χ2v) is 4.26. The number of para-hydroxylation sites is 1. The van der Waals surface area contributed by atoms with Crippen molar-refractivity contribution in [1.82, 2.24) is 5.32 Å². The van der Waals surface area contributed by atoms with Gasteiger partial charge in [0.15, 0.2) is 5.75 Å². The standard InChI is InChI=1S/C13H17F3N2O2/c1-20-11-9(5-4-6-10(11)17)12(19)18-8-3-2-7-13(14,15)16/h4-6H,2-3,7-8,17H2,1H3,(H,18,19). The molecule has 7 heteroatoms. The first kappa shape index (κ1) is 16.1. The first-order valence-electron chi connectivity index (χ1n) is 6.12. The maximum atomic E-state index is 11.9. The van der Waals surface area contributed by atoms with E-state index in [0.717, 1.165) is 0 Å². The molecular formula is C13H17F3N2O2. The molecule has 0 aliphatic carbocycles. The molecule has 0 aromatic heterocycles. The Balaban J connectivity index is 2.46. The van der Waals surface area contributed by atoms with Crippen LogP contribution in [-0.2, 0) is 0 Å². The van der Waals surface area contributed by atoms with Gasteiger partial charge in [-0.05, 0) is 25.0 Å². The molecule has 0 saturated heterocycles. The zero-order valence-electron chi connectivity index (χ0n) is 11.1. The van der Waals surface area contributed by atoms with Gasteiger partial charge in [0.05, 0.1) is 18.4 Å². The molecule has 4 nitrogen and oxygen atoms in total. The third-order valence-electron chi connectivity index (χ3n) is 2.67. The lowest BCUT2D eigenvalue weighted by Gasteiger charge is -2.11. The van der Waals surface area contributed by atoms with Crippen LogP contribution in [0.25, 0.3) is 0 Å². The lowest BCUT2D eigenvalue weighted by Crippen LogP contribution is -2.25. The molecule has 0 radical (unpaired) electrons. The van der Waals surface area contributed by atoms with Gasteiger partial charge in [-0.15, -0.1) is 0 Å². The molecule has 0 spiro atoms. The number of ether oxygens (including phenoxy) is 1. The number of anilines is 1. The minimum absolute atomic E-state index is 0.0160. The highest BCUT2D eigenvalue weighted by atomic mass is 19.4. The summed E-state index contributed by atoms with van der Waals surface area (Å²) in [7, 11) is 1.39. The van der Waals surface area contributed by atoms with Crippen LogP contribution in [-0.4, -0.2) is 25.7 Å². The fourth-order valence-electron chi connectivity index (χ4n) is 1.71. The van der Waals surface area contributed by atoms with E-state index in [-0.39, 0.29) is 30.7 Å². The summed E-state index contributed by atoms with van der Waals surface area (Å²) in [5, 5.41) is 2.55. The maximum absolute atomic E-state index is 11.9. The second-order valence-electron chi connectivity index (χ2n) is 4.26.